The van der Waals surface area contributed by atoms with E-state index >= 15 is 0 Å². The highest BCUT2D eigenvalue weighted by Crippen LogP contribution is 1.97. The molecule has 0 atom stereocenters. The summed E-state index contributed by atoms with van der Waals surface area (Å²) in [5.74, 6) is 0.676. The number of pyridine rings is 1. The van der Waals surface area contributed by atoms with E-state index in [9.17, 15) is 0 Å². The number of hydrogen-bond donors (Lipinski definition) is 0. The molecule has 0 N–H and O–H groups in total. The number of aromatic nitrogens is 1. The van der Waals surface area contributed by atoms with E-state index in [0.29, 0.717) is 5.88 Å². The molecule has 0 aliphatic heterocycles. The SMILES string of the molecule is Bc1ccnc(OC)c1. The molecule has 0 aliphatic rings. The fourth-order valence-corrected chi connectivity index (χ4v) is 0.620. The summed E-state index contributed by atoms with van der Waals surface area (Å²) in [6.45, 7) is 0. The van der Waals surface area contributed by atoms with Crippen molar-refractivity contribution in [2.24, 2.45) is 0 Å². The Balaban J connectivity index is 2.94. The van der Waals surface area contributed by atoms with Crippen LogP contribution in [0.1, 0.15) is 0 Å². The predicted molar refractivity (Wildman–Crippen MR) is 39.0 cm³/mol. The maximum absolute atomic E-state index is 4.88. The maximum Gasteiger partial charge on any atom is 0.212 e. The van der Waals surface area contributed by atoms with Gasteiger partial charge in [-0.25, -0.2) is 4.98 Å². The van der Waals surface area contributed by atoms with Crippen LogP contribution in [-0.2, 0) is 0 Å². The number of nitrogens with zero attached hydrogens (tertiary/aromatic N) is 1. The van der Waals surface area contributed by atoms with Crippen molar-refractivity contribution in [1.29, 1.82) is 0 Å². The summed E-state index contributed by atoms with van der Waals surface area (Å²) < 4.78 is 4.88. The zero-order chi connectivity index (χ0) is 6.69. The van der Waals surface area contributed by atoms with Crippen LogP contribution in [0, 0.1) is 0 Å². The molecule has 2 nitrogen and oxygen atoms in total. The second kappa shape index (κ2) is 2.53. The monoisotopic (exact) mass is 121 g/mol. The molecule has 0 fully saturated rings. The molecule has 1 rings (SSSR count). The van der Waals surface area contributed by atoms with E-state index in [1.165, 1.54) is 5.46 Å². The molecule has 1 aromatic heterocycles. The molecule has 0 saturated carbocycles. The van der Waals surface area contributed by atoms with Gasteiger partial charge in [-0.3, -0.25) is 0 Å². The first kappa shape index (κ1) is 6.14. The van der Waals surface area contributed by atoms with Crippen LogP contribution in [0.25, 0.3) is 0 Å². The van der Waals surface area contributed by atoms with Gasteiger partial charge in [0, 0.05) is 6.20 Å². The van der Waals surface area contributed by atoms with Crippen molar-refractivity contribution in [3.8, 4) is 5.88 Å². The van der Waals surface area contributed by atoms with Crippen molar-refractivity contribution < 1.29 is 4.74 Å². The van der Waals surface area contributed by atoms with Crippen molar-refractivity contribution in [2.75, 3.05) is 7.11 Å². The molecule has 0 saturated heterocycles. The third kappa shape index (κ3) is 1.45. The summed E-state index contributed by atoms with van der Waals surface area (Å²) in [6.07, 6.45) is 1.73. The van der Waals surface area contributed by atoms with Crippen molar-refractivity contribution in [2.45, 2.75) is 0 Å². The standard InChI is InChI=1S/C6H8BNO/c1-9-6-4-5(7)2-3-8-6/h2-4H,7H2,1H3. The Morgan fingerprint density at radius 1 is 1.67 bits per heavy atom. The molecule has 0 unspecified atom stereocenters. The molecule has 3 heteroatoms. The lowest BCUT2D eigenvalue weighted by atomic mass is 9.98. The van der Waals surface area contributed by atoms with Crippen LogP contribution in [0.3, 0.4) is 0 Å². The molecule has 1 heterocycles. The highest BCUT2D eigenvalue weighted by atomic mass is 16.5. The fraction of sp³-hybridized carbons (Fsp3) is 0.167. The van der Waals surface area contributed by atoms with Crippen LogP contribution >= 0.6 is 0 Å². The topological polar surface area (TPSA) is 22.1 Å². The quantitative estimate of drug-likeness (QED) is 0.460. The minimum atomic E-state index is 0.676. The van der Waals surface area contributed by atoms with Gasteiger partial charge in [0.05, 0.1) is 7.11 Å². The molecule has 1 aromatic rings. The van der Waals surface area contributed by atoms with Crippen LogP contribution in [0.5, 0.6) is 5.88 Å². The van der Waals surface area contributed by atoms with Gasteiger partial charge in [-0.05, 0) is 12.1 Å². The van der Waals surface area contributed by atoms with E-state index in [0.717, 1.165) is 0 Å². The van der Waals surface area contributed by atoms with E-state index in [-0.39, 0.29) is 0 Å². The molecule has 0 aliphatic carbocycles. The molecular formula is C6H8BNO. The van der Waals surface area contributed by atoms with E-state index < -0.39 is 0 Å². The van der Waals surface area contributed by atoms with Gasteiger partial charge in [0.15, 0.2) is 0 Å². The third-order valence-corrected chi connectivity index (χ3v) is 1.10. The Labute approximate surface area is 55.3 Å². The van der Waals surface area contributed by atoms with Gasteiger partial charge in [-0.15, -0.1) is 0 Å². The van der Waals surface area contributed by atoms with Crippen molar-refractivity contribution in [3.05, 3.63) is 18.3 Å². The Hall–Kier alpha value is -0.985. The zero-order valence-corrected chi connectivity index (χ0v) is 5.59. The molecular weight excluding hydrogens is 113 g/mol. The summed E-state index contributed by atoms with van der Waals surface area (Å²) in [7, 11) is 3.62. The molecule has 0 spiro atoms. The van der Waals surface area contributed by atoms with Gasteiger partial charge in [-0.2, -0.15) is 0 Å². The molecule has 0 radical (unpaired) electrons. The molecule has 0 amide bonds. The molecule has 9 heavy (non-hydrogen) atoms. The summed E-state index contributed by atoms with van der Waals surface area (Å²) in [5, 5.41) is 0. The highest BCUT2D eigenvalue weighted by molar-refractivity contribution is 6.32. The van der Waals surface area contributed by atoms with Crippen molar-refractivity contribution in [3.63, 3.8) is 0 Å². The Bertz CT molecular complexity index is 202. The van der Waals surface area contributed by atoms with Crippen LogP contribution in [0.15, 0.2) is 18.3 Å². The number of ether oxygens (including phenoxy) is 1. The lowest BCUT2D eigenvalue weighted by molar-refractivity contribution is 0.398. The first-order chi connectivity index (χ1) is 4.33. The smallest absolute Gasteiger partial charge is 0.212 e. The van der Waals surface area contributed by atoms with Gasteiger partial charge in [0.2, 0.25) is 5.88 Å². The van der Waals surface area contributed by atoms with Gasteiger partial charge in [0.25, 0.3) is 0 Å². The summed E-state index contributed by atoms with van der Waals surface area (Å²) in [5.41, 5.74) is 1.17. The second-order valence-corrected chi connectivity index (χ2v) is 1.88. The van der Waals surface area contributed by atoms with E-state index in [1.54, 1.807) is 13.3 Å². The zero-order valence-electron chi connectivity index (χ0n) is 5.59. The van der Waals surface area contributed by atoms with Gasteiger partial charge in [0.1, 0.15) is 7.85 Å². The van der Waals surface area contributed by atoms with E-state index in [2.05, 4.69) is 4.98 Å². The third-order valence-electron chi connectivity index (χ3n) is 1.10. The normalized spacial score (nSPS) is 9.00. The minimum Gasteiger partial charge on any atom is -0.481 e. The lowest BCUT2D eigenvalue weighted by Crippen LogP contribution is -2.02. The Morgan fingerprint density at radius 3 is 2.89 bits per heavy atom. The average molecular weight is 121 g/mol. The highest BCUT2D eigenvalue weighted by Gasteiger charge is 1.88. The maximum atomic E-state index is 4.88. The summed E-state index contributed by atoms with van der Waals surface area (Å²) >= 11 is 0. The van der Waals surface area contributed by atoms with Crippen LogP contribution in [0.4, 0.5) is 0 Å². The van der Waals surface area contributed by atoms with Gasteiger partial charge >= 0.3 is 0 Å². The molecule has 46 valence electrons. The average Bonchev–Trinajstić information content (AvgIpc) is 1.88. The van der Waals surface area contributed by atoms with Crippen molar-refractivity contribution in [1.82, 2.24) is 4.98 Å². The lowest BCUT2D eigenvalue weighted by Gasteiger charge is -1.96. The van der Waals surface area contributed by atoms with E-state index in [1.807, 2.05) is 20.0 Å². The largest absolute Gasteiger partial charge is 0.481 e. The first-order valence-electron chi connectivity index (χ1n) is 2.79. The molecule has 0 aromatic carbocycles. The summed E-state index contributed by atoms with van der Waals surface area (Å²) in [6, 6.07) is 3.82. The van der Waals surface area contributed by atoms with Crippen LogP contribution in [-0.4, -0.2) is 19.9 Å². The first-order valence-corrected chi connectivity index (χ1v) is 2.79. The summed E-state index contributed by atoms with van der Waals surface area (Å²) in [4.78, 5) is 3.94. The number of methoxy groups -OCH3 is 1. The fourth-order valence-electron chi connectivity index (χ4n) is 0.620. The van der Waals surface area contributed by atoms with Crippen LogP contribution < -0.4 is 10.2 Å². The van der Waals surface area contributed by atoms with Gasteiger partial charge in [-0.1, -0.05) is 5.46 Å². The number of rotatable bonds is 1. The van der Waals surface area contributed by atoms with Gasteiger partial charge < -0.3 is 4.74 Å². The minimum absolute atomic E-state index is 0.676. The Kier molecular flexibility index (Phi) is 1.73. The Morgan fingerprint density at radius 2 is 2.44 bits per heavy atom. The predicted octanol–water partition coefficient (Wildman–Crippen LogP) is -0.651. The second-order valence-electron chi connectivity index (χ2n) is 1.88. The van der Waals surface area contributed by atoms with Crippen molar-refractivity contribution >= 4 is 13.3 Å². The van der Waals surface area contributed by atoms with E-state index in [4.69, 9.17) is 4.74 Å². The molecule has 0 bridgehead atoms. The van der Waals surface area contributed by atoms with Crippen LogP contribution in [0.2, 0.25) is 0 Å². The number of hydrogen-bond acceptors (Lipinski definition) is 2.